The van der Waals surface area contributed by atoms with E-state index in [1.54, 1.807) is 18.2 Å². The molecule has 2 aromatic carbocycles. The molecule has 2 rings (SSSR count). The Morgan fingerprint density at radius 1 is 1.00 bits per heavy atom. The number of hydrogen-bond donors (Lipinski definition) is 2. The van der Waals surface area contributed by atoms with Gasteiger partial charge in [-0.25, -0.2) is 4.39 Å². The van der Waals surface area contributed by atoms with Crippen LogP contribution in [0, 0.1) is 5.82 Å². The molecule has 0 aliphatic carbocycles. The molecule has 0 fully saturated rings. The van der Waals surface area contributed by atoms with Gasteiger partial charge in [-0.05, 0) is 30.3 Å². The lowest BCUT2D eigenvalue weighted by Gasteiger charge is -2.09. The highest BCUT2D eigenvalue weighted by Crippen LogP contribution is 2.14. The van der Waals surface area contributed by atoms with Gasteiger partial charge in [-0.3, -0.25) is 9.59 Å². The number of nitrogens with one attached hydrogen (secondary N) is 2. The number of anilines is 1. The van der Waals surface area contributed by atoms with Crippen LogP contribution >= 0.6 is 0 Å². The molecule has 0 aliphatic rings. The molecule has 2 amide bonds. The van der Waals surface area contributed by atoms with E-state index >= 15 is 0 Å². The van der Waals surface area contributed by atoms with Crippen LogP contribution in [0.4, 0.5) is 23.2 Å². The number of rotatable bonds is 7. The smallest absolute Gasteiger partial charge is 0.362 e. The van der Waals surface area contributed by atoms with Crippen molar-refractivity contribution < 1.29 is 31.9 Å². The largest absolute Gasteiger partial charge is 0.411 e. The number of benzene rings is 2. The fourth-order valence-electron chi connectivity index (χ4n) is 2.08. The topological polar surface area (TPSA) is 67.4 Å². The van der Waals surface area contributed by atoms with Gasteiger partial charge in [0.1, 0.15) is 19.0 Å². The Morgan fingerprint density at radius 2 is 1.67 bits per heavy atom. The Hall–Kier alpha value is -2.94. The van der Waals surface area contributed by atoms with E-state index in [0.29, 0.717) is 11.3 Å². The number of ether oxygens (including phenoxy) is 1. The molecule has 0 radical (unpaired) electrons. The molecule has 0 unspecified atom stereocenters. The lowest BCUT2D eigenvalue weighted by molar-refractivity contribution is -0.174. The number of carbonyl (C=O) groups is 2. The first-order valence-corrected chi connectivity index (χ1v) is 7.80. The summed E-state index contributed by atoms with van der Waals surface area (Å²) < 4.78 is 53.5. The summed E-state index contributed by atoms with van der Waals surface area (Å²) in [5, 5.41) is 4.91. The molecule has 27 heavy (non-hydrogen) atoms. The fraction of sp³-hybridized carbons (Fsp3) is 0.222. The first-order chi connectivity index (χ1) is 12.7. The van der Waals surface area contributed by atoms with Crippen LogP contribution in [0.1, 0.15) is 15.9 Å². The fourth-order valence-corrected chi connectivity index (χ4v) is 2.08. The van der Waals surface area contributed by atoms with Gasteiger partial charge in [0.15, 0.2) is 0 Å². The second-order valence-corrected chi connectivity index (χ2v) is 5.51. The SMILES string of the molecule is O=C(COCC(F)(F)F)Nc1ccc(C(=O)NCc2ccccc2F)cc1. The van der Waals surface area contributed by atoms with Crippen LogP contribution in [0.15, 0.2) is 48.5 Å². The molecule has 2 aromatic rings. The number of hydrogen-bond acceptors (Lipinski definition) is 3. The van der Waals surface area contributed by atoms with Crippen molar-refractivity contribution in [2.45, 2.75) is 12.7 Å². The highest BCUT2D eigenvalue weighted by atomic mass is 19.4. The van der Waals surface area contributed by atoms with E-state index in [4.69, 9.17) is 0 Å². The predicted octanol–water partition coefficient (Wildman–Crippen LogP) is 3.27. The van der Waals surface area contributed by atoms with Crippen LogP contribution in [0.2, 0.25) is 0 Å². The van der Waals surface area contributed by atoms with E-state index in [2.05, 4.69) is 15.4 Å². The minimum absolute atomic E-state index is 0.0144. The zero-order chi connectivity index (χ0) is 19.9. The highest BCUT2D eigenvalue weighted by molar-refractivity contribution is 5.96. The molecular formula is C18H16F4N2O3. The van der Waals surface area contributed by atoms with Gasteiger partial charge in [0.25, 0.3) is 5.91 Å². The lowest BCUT2D eigenvalue weighted by atomic mass is 10.1. The molecule has 0 aliphatic heterocycles. The monoisotopic (exact) mass is 384 g/mol. The number of carbonyl (C=O) groups excluding carboxylic acids is 2. The molecule has 0 heterocycles. The Balaban J connectivity index is 1.82. The zero-order valence-corrected chi connectivity index (χ0v) is 14.0. The van der Waals surface area contributed by atoms with Crippen LogP contribution in [-0.2, 0) is 16.1 Å². The average Bonchev–Trinajstić information content (AvgIpc) is 2.60. The third kappa shape index (κ3) is 7.06. The van der Waals surface area contributed by atoms with Crippen molar-refractivity contribution in [2.75, 3.05) is 18.5 Å². The zero-order valence-electron chi connectivity index (χ0n) is 14.0. The minimum atomic E-state index is -4.50. The molecule has 144 valence electrons. The number of alkyl halides is 3. The first kappa shape index (κ1) is 20.4. The van der Waals surface area contributed by atoms with E-state index in [1.807, 2.05) is 0 Å². The van der Waals surface area contributed by atoms with Gasteiger partial charge >= 0.3 is 6.18 Å². The van der Waals surface area contributed by atoms with Crippen molar-refractivity contribution >= 4 is 17.5 Å². The van der Waals surface area contributed by atoms with Crippen molar-refractivity contribution in [1.82, 2.24) is 5.32 Å². The van der Waals surface area contributed by atoms with Gasteiger partial charge in [-0.15, -0.1) is 0 Å². The minimum Gasteiger partial charge on any atom is -0.362 e. The predicted molar refractivity (Wildman–Crippen MR) is 89.5 cm³/mol. The summed E-state index contributed by atoms with van der Waals surface area (Å²) in [6.07, 6.45) is -4.50. The summed E-state index contributed by atoms with van der Waals surface area (Å²) in [4.78, 5) is 23.5. The van der Waals surface area contributed by atoms with Gasteiger partial charge in [-0.2, -0.15) is 13.2 Å². The molecule has 5 nitrogen and oxygen atoms in total. The summed E-state index contributed by atoms with van der Waals surface area (Å²) in [5.74, 6) is -1.62. The third-order valence-corrected chi connectivity index (χ3v) is 3.33. The van der Waals surface area contributed by atoms with Gasteiger partial charge in [-0.1, -0.05) is 18.2 Å². The molecular weight excluding hydrogens is 368 g/mol. The van der Waals surface area contributed by atoms with Gasteiger partial charge in [0.2, 0.25) is 5.91 Å². The van der Waals surface area contributed by atoms with Crippen molar-refractivity contribution in [3.05, 3.63) is 65.5 Å². The van der Waals surface area contributed by atoms with E-state index in [0.717, 1.165) is 0 Å². The van der Waals surface area contributed by atoms with Crippen molar-refractivity contribution in [3.63, 3.8) is 0 Å². The Labute approximate surface area is 152 Å². The maximum atomic E-state index is 13.5. The van der Waals surface area contributed by atoms with Crippen molar-refractivity contribution in [2.24, 2.45) is 0 Å². The Morgan fingerprint density at radius 3 is 2.30 bits per heavy atom. The molecule has 0 aromatic heterocycles. The van der Waals surface area contributed by atoms with Gasteiger partial charge in [0.05, 0.1) is 0 Å². The van der Waals surface area contributed by atoms with Gasteiger partial charge < -0.3 is 15.4 Å². The van der Waals surface area contributed by atoms with E-state index in [9.17, 15) is 27.2 Å². The summed E-state index contributed by atoms with van der Waals surface area (Å²) in [6.45, 7) is -2.24. The van der Waals surface area contributed by atoms with Crippen LogP contribution < -0.4 is 10.6 Å². The second-order valence-electron chi connectivity index (χ2n) is 5.51. The molecule has 9 heteroatoms. The quantitative estimate of drug-likeness (QED) is 0.720. The molecule has 0 saturated carbocycles. The highest BCUT2D eigenvalue weighted by Gasteiger charge is 2.27. The first-order valence-electron chi connectivity index (χ1n) is 7.80. The molecule has 0 spiro atoms. The lowest BCUT2D eigenvalue weighted by Crippen LogP contribution is -2.24. The van der Waals surface area contributed by atoms with E-state index in [1.165, 1.54) is 30.3 Å². The maximum absolute atomic E-state index is 13.5. The van der Waals surface area contributed by atoms with Crippen LogP contribution in [0.5, 0.6) is 0 Å². The Bertz CT molecular complexity index is 792. The summed E-state index contributed by atoms with van der Waals surface area (Å²) in [7, 11) is 0. The maximum Gasteiger partial charge on any atom is 0.411 e. The molecule has 0 atom stereocenters. The van der Waals surface area contributed by atoms with Gasteiger partial charge in [0, 0.05) is 23.4 Å². The van der Waals surface area contributed by atoms with Crippen LogP contribution in [-0.4, -0.2) is 31.2 Å². The van der Waals surface area contributed by atoms with Crippen molar-refractivity contribution in [1.29, 1.82) is 0 Å². The summed E-state index contributed by atoms with van der Waals surface area (Å²) in [5.41, 5.74) is 0.910. The second kappa shape index (κ2) is 9.13. The van der Waals surface area contributed by atoms with Crippen LogP contribution in [0.25, 0.3) is 0 Å². The number of amides is 2. The molecule has 2 N–H and O–H groups in total. The van der Waals surface area contributed by atoms with Crippen molar-refractivity contribution in [3.8, 4) is 0 Å². The standard InChI is InChI=1S/C18H16F4N2O3/c19-15-4-2-1-3-13(15)9-23-17(26)12-5-7-14(8-6-12)24-16(25)10-27-11-18(20,21)22/h1-8H,9-11H2,(H,23,26)(H,24,25). The third-order valence-electron chi connectivity index (χ3n) is 3.33. The molecule has 0 saturated heterocycles. The normalized spacial score (nSPS) is 11.1. The molecule has 0 bridgehead atoms. The van der Waals surface area contributed by atoms with E-state index in [-0.39, 0.29) is 12.1 Å². The Kier molecular flexibility index (Phi) is 6.89. The summed E-state index contributed by atoms with van der Waals surface area (Å²) >= 11 is 0. The van der Waals surface area contributed by atoms with E-state index < -0.39 is 37.0 Å². The van der Waals surface area contributed by atoms with Crippen LogP contribution in [0.3, 0.4) is 0 Å². The summed E-state index contributed by atoms with van der Waals surface area (Å²) in [6, 6.07) is 11.7. The number of halogens is 4. The average molecular weight is 384 g/mol.